The van der Waals surface area contributed by atoms with Crippen molar-refractivity contribution in [1.82, 2.24) is 0 Å². The number of carbonyl (C=O) groups excluding carboxylic acids is 1. The van der Waals surface area contributed by atoms with Crippen molar-refractivity contribution >= 4 is 17.4 Å². The van der Waals surface area contributed by atoms with Crippen molar-refractivity contribution in [2.45, 2.75) is 19.3 Å². The normalized spacial score (nSPS) is 17.2. The minimum absolute atomic E-state index is 0. The first-order chi connectivity index (χ1) is 8.09. The van der Waals surface area contributed by atoms with E-state index in [1.807, 2.05) is 12.1 Å². The standard InChI is InChI=1S/C14H19ClNO.ClH/c1-16(9-2-3-10-16)11-8-14(17)12-4-6-13(15)7-5-12;/h4-7H,2-3,8-11H2,1H3;1H/q+1;/p-1. The molecule has 0 bridgehead atoms. The summed E-state index contributed by atoms with van der Waals surface area (Å²) >= 11 is 5.80. The van der Waals surface area contributed by atoms with Gasteiger partial charge in [-0.15, -0.1) is 0 Å². The van der Waals surface area contributed by atoms with Crippen LogP contribution in [0.5, 0.6) is 0 Å². The fraction of sp³-hybridized carbons (Fsp3) is 0.500. The Morgan fingerprint density at radius 1 is 1.22 bits per heavy atom. The summed E-state index contributed by atoms with van der Waals surface area (Å²) in [5.41, 5.74) is 0.778. The van der Waals surface area contributed by atoms with Crippen LogP contribution in [-0.4, -0.2) is 36.9 Å². The van der Waals surface area contributed by atoms with E-state index in [1.54, 1.807) is 12.1 Å². The van der Waals surface area contributed by atoms with E-state index in [1.165, 1.54) is 25.9 Å². The van der Waals surface area contributed by atoms with Gasteiger partial charge in [-0.2, -0.15) is 0 Å². The topological polar surface area (TPSA) is 17.1 Å². The Hall–Kier alpha value is -0.570. The average molecular weight is 288 g/mol. The molecule has 0 radical (unpaired) electrons. The number of quaternary nitrogens is 1. The molecule has 0 atom stereocenters. The van der Waals surface area contributed by atoms with Gasteiger partial charge in [0, 0.05) is 23.4 Å². The molecule has 18 heavy (non-hydrogen) atoms. The summed E-state index contributed by atoms with van der Waals surface area (Å²) in [6.07, 6.45) is 3.23. The van der Waals surface area contributed by atoms with Gasteiger partial charge >= 0.3 is 0 Å². The first kappa shape index (κ1) is 15.5. The highest BCUT2D eigenvalue weighted by atomic mass is 35.5. The van der Waals surface area contributed by atoms with E-state index in [9.17, 15) is 4.79 Å². The Morgan fingerprint density at radius 2 is 1.78 bits per heavy atom. The Bertz CT molecular complexity index is 397. The maximum atomic E-state index is 12.0. The quantitative estimate of drug-likeness (QED) is 0.570. The van der Waals surface area contributed by atoms with Crippen molar-refractivity contribution in [1.29, 1.82) is 0 Å². The maximum Gasteiger partial charge on any atom is 0.168 e. The third-order valence-corrected chi connectivity index (χ3v) is 3.94. The van der Waals surface area contributed by atoms with Gasteiger partial charge in [-0.1, -0.05) is 11.6 Å². The van der Waals surface area contributed by atoms with E-state index in [0.29, 0.717) is 11.4 Å². The molecule has 1 aromatic carbocycles. The zero-order valence-electron chi connectivity index (χ0n) is 10.7. The molecule has 0 unspecified atom stereocenters. The molecular formula is C14H19Cl2NO. The number of rotatable bonds is 4. The average Bonchev–Trinajstić information content (AvgIpc) is 2.75. The molecule has 1 aromatic rings. The molecule has 0 N–H and O–H groups in total. The summed E-state index contributed by atoms with van der Waals surface area (Å²) in [7, 11) is 2.25. The maximum absolute atomic E-state index is 12.0. The van der Waals surface area contributed by atoms with Gasteiger partial charge in [-0.25, -0.2) is 0 Å². The second-order valence-corrected chi connectivity index (χ2v) is 5.61. The third-order valence-electron chi connectivity index (χ3n) is 3.69. The van der Waals surface area contributed by atoms with Crippen LogP contribution >= 0.6 is 11.6 Å². The summed E-state index contributed by atoms with van der Waals surface area (Å²) in [4.78, 5) is 12.0. The minimum Gasteiger partial charge on any atom is -1.00 e. The van der Waals surface area contributed by atoms with E-state index in [2.05, 4.69) is 7.05 Å². The number of halogens is 2. The lowest BCUT2D eigenvalue weighted by Gasteiger charge is -2.28. The SMILES string of the molecule is C[N+]1(CCC(=O)c2ccc(Cl)cc2)CCCC1.[Cl-]. The van der Waals surface area contributed by atoms with Crippen molar-refractivity contribution in [3.05, 3.63) is 34.9 Å². The van der Waals surface area contributed by atoms with Crippen LogP contribution in [0.2, 0.25) is 5.02 Å². The second kappa shape index (κ2) is 6.55. The first-order valence-corrected chi connectivity index (χ1v) is 6.59. The van der Waals surface area contributed by atoms with E-state index in [4.69, 9.17) is 11.6 Å². The van der Waals surface area contributed by atoms with Gasteiger partial charge < -0.3 is 16.9 Å². The predicted octanol–water partition coefficient (Wildman–Crippen LogP) is 0.157. The lowest BCUT2D eigenvalue weighted by atomic mass is 10.1. The summed E-state index contributed by atoms with van der Waals surface area (Å²) in [5.74, 6) is 0.230. The van der Waals surface area contributed by atoms with Crippen LogP contribution < -0.4 is 12.4 Å². The zero-order chi connectivity index (χ0) is 12.3. The van der Waals surface area contributed by atoms with Gasteiger partial charge in [0.1, 0.15) is 0 Å². The highest BCUT2D eigenvalue weighted by Gasteiger charge is 2.27. The Labute approximate surface area is 120 Å². The van der Waals surface area contributed by atoms with Crippen molar-refractivity contribution < 1.29 is 21.7 Å². The summed E-state index contributed by atoms with van der Waals surface area (Å²) in [5, 5.41) is 0.681. The van der Waals surface area contributed by atoms with Crippen LogP contribution in [0.25, 0.3) is 0 Å². The van der Waals surface area contributed by atoms with Crippen molar-refractivity contribution in [2.75, 3.05) is 26.7 Å². The molecule has 1 fully saturated rings. The van der Waals surface area contributed by atoms with Gasteiger partial charge in [0.25, 0.3) is 0 Å². The number of ketones is 1. The lowest BCUT2D eigenvalue weighted by molar-refractivity contribution is -0.897. The van der Waals surface area contributed by atoms with Gasteiger partial charge in [-0.3, -0.25) is 4.79 Å². The molecule has 0 spiro atoms. The van der Waals surface area contributed by atoms with Crippen LogP contribution in [0.15, 0.2) is 24.3 Å². The van der Waals surface area contributed by atoms with Crippen LogP contribution in [0.3, 0.4) is 0 Å². The molecule has 0 amide bonds. The Morgan fingerprint density at radius 3 is 2.33 bits per heavy atom. The van der Waals surface area contributed by atoms with E-state index in [0.717, 1.165) is 16.6 Å². The van der Waals surface area contributed by atoms with Crippen LogP contribution in [0.4, 0.5) is 0 Å². The van der Waals surface area contributed by atoms with E-state index in [-0.39, 0.29) is 18.2 Å². The number of nitrogens with zero attached hydrogens (tertiary/aromatic N) is 1. The van der Waals surface area contributed by atoms with Crippen molar-refractivity contribution in [3.63, 3.8) is 0 Å². The summed E-state index contributed by atoms with van der Waals surface area (Å²) in [6.45, 7) is 3.39. The first-order valence-electron chi connectivity index (χ1n) is 6.21. The molecule has 0 saturated carbocycles. The van der Waals surface area contributed by atoms with Gasteiger partial charge in [0.15, 0.2) is 5.78 Å². The molecular weight excluding hydrogens is 269 g/mol. The predicted molar refractivity (Wildman–Crippen MR) is 70.4 cm³/mol. The fourth-order valence-electron chi connectivity index (χ4n) is 2.47. The van der Waals surface area contributed by atoms with Gasteiger partial charge in [-0.05, 0) is 24.3 Å². The molecule has 1 heterocycles. The molecule has 1 aliphatic rings. The third kappa shape index (κ3) is 3.98. The highest BCUT2D eigenvalue weighted by molar-refractivity contribution is 6.30. The molecule has 2 rings (SSSR count). The minimum atomic E-state index is 0. The fourth-order valence-corrected chi connectivity index (χ4v) is 2.60. The van der Waals surface area contributed by atoms with E-state index >= 15 is 0 Å². The second-order valence-electron chi connectivity index (χ2n) is 5.18. The molecule has 0 aromatic heterocycles. The molecule has 100 valence electrons. The molecule has 2 nitrogen and oxygen atoms in total. The summed E-state index contributed by atoms with van der Waals surface area (Å²) in [6, 6.07) is 7.19. The Balaban J connectivity index is 0.00000162. The van der Waals surface area contributed by atoms with Crippen molar-refractivity contribution in [2.24, 2.45) is 0 Å². The van der Waals surface area contributed by atoms with Crippen LogP contribution in [-0.2, 0) is 0 Å². The van der Waals surface area contributed by atoms with Crippen molar-refractivity contribution in [3.8, 4) is 0 Å². The largest absolute Gasteiger partial charge is 1.00 e. The molecule has 4 heteroatoms. The monoisotopic (exact) mass is 287 g/mol. The molecule has 0 aliphatic carbocycles. The smallest absolute Gasteiger partial charge is 0.168 e. The Kier molecular flexibility index (Phi) is 5.64. The van der Waals surface area contributed by atoms with Gasteiger partial charge in [0.2, 0.25) is 0 Å². The van der Waals surface area contributed by atoms with E-state index < -0.39 is 0 Å². The number of Topliss-reactive ketones (excluding diaryl/α,β-unsaturated/α-hetero) is 1. The molecule has 1 aliphatic heterocycles. The van der Waals surface area contributed by atoms with Crippen LogP contribution in [0, 0.1) is 0 Å². The lowest BCUT2D eigenvalue weighted by Crippen LogP contribution is -3.00. The zero-order valence-corrected chi connectivity index (χ0v) is 12.2. The number of hydrogen-bond acceptors (Lipinski definition) is 1. The molecule has 1 saturated heterocycles. The number of benzene rings is 1. The number of carbonyl (C=O) groups is 1. The van der Waals surface area contributed by atoms with Gasteiger partial charge in [0.05, 0.1) is 33.1 Å². The number of likely N-dealkylation sites (tertiary alicyclic amines) is 1. The summed E-state index contributed by atoms with van der Waals surface area (Å²) < 4.78 is 1.05. The van der Waals surface area contributed by atoms with Crippen LogP contribution in [0.1, 0.15) is 29.6 Å². The number of hydrogen-bond donors (Lipinski definition) is 0. The highest BCUT2D eigenvalue weighted by Crippen LogP contribution is 2.18.